The highest BCUT2D eigenvalue weighted by Crippen LogP contribution is 2.20. The van der Waals surface area contributed by atoms with Gasteiger partial charge in [0.1, 0.15) is 0 Å². The molecule has 9 heteroatoms. The van der Waals surface area contributed by atoms with Crippen molar-refractivity contribution in [3.63, 3.8) is 0 Å². The number of hydrogen-bond donors (Lipinski definition) is 1. The average Bonchev–Trinajstić information content (AvgIpc) is 2.93. The Morgan fingerprint density at radius 2 is 1.88 bits per heavy atom. The number of benzene rings is 1. The van der Waals surface area contributed by atoms with E-state index in [1.165, 1.54) is 24.3 Å². The Balaban J connectivity index is 2.16. The van der Waals surface area contributed by atoms with Crippen molar-refractivity contribution in [1.82, 2.24) is 9.62 Å². The maximum Gasteiger partial charge on any atom is 0.254 e. The van der Waals surface area contributed by atoms with Crippen LogP contribution in [0.5, 0.6) is 0 Å². The van der Waals surface area contributed by atoms with E-state index in [0.29, 0.717) is 31.5 Å². The van der Waals surface area contributed by atoms with Crippen molar-refractivity contribution in [2.24, 2.45) is 0 Å². The molecule has 140 valence electrons. The number of nitrogens with zero attached hydrogens (tertiary/aromatic N) is 1. The summed E-state index contributed by atoms with van der Waals surface area (Å²) in [5.41, 5.74) is 0.348. The average molecular weight is 389 g/mol. The van der Waals surface area contributed by atoms with Crippen molar-refractivity contribution in [3.05, 3.63) is 29.8 Å². The van der Waals surface area contributed by atoms with E-state index in [1.807, 2.05) is 6.92 Å². The van der Waals surface area contributed by atoms with E-state index in [4.69, 9.17) is 0 Å². The van der Waals surface area contributed by atoms with Gasteiger partial charge >= 0.3 is 0 Å². The third-order valence-electron chi connectivity index (χ3n) is 4.20. The van der Waals surface area contributed by atoms with Crippen molar-refractivity contribution < 1.29 is 21.6 Å². The Morgan fingerprint density at radius 1 is 1.24 bits per heavy atom. The summed E-state index contributed by atoms with van der Waals surface area (Å²) in [5.74, 6) is -0.197. The van der Waals surface area contributed by atoms with Crippen molar-refractivity contribution in [3.8, 4) is 0 Å². The van der Waals surface area contributed by atoms with Crippen LogP contribution in [0, 0.1) is 0 Å². The monoisotopic (exact) mass is 388 g/mol. The maximum absolute atomic E-state index is 12.7. The fourth-order valence-corrected chi connectivity index (χ4v) is 5.72. The van der Waals surface area contributed by atoms with Gasteiger partial charge in [-0.15, -0.1) is 0 Å². The summed E-state index contributed by atoms with van der Waals surface area (Å²) in [7, 11) is -6.66. The molecule has 1 fully saturated rings. The Labute approximate surface area is 149 Å². The van der Waals surface area contributed by atoms with E-state index in [-0.39, 0.29) is 28.4 Å². The van der Waals surface area contributed by atoms with Gasteiger partial charge in [-0.05, 0) is 44.0 Å². The van der Waals surface area contributed by atoms with Gasteiger partial charge in [0.15, 0.2) is 9.84 Å². The van der Waals surface area contributed by atoms with E-state index in [1.54, 1.807) is 11.8 Å². The van der Waals surface area contributed by atoms with Crippen LogP contribution in [0.3, 0.4) is 0 Å². The summed E-state index contributed by atoms with van der Waals surface area (Å²) in [6.07, 6.45) is 1.13. The number of carbonyl (C=O) groups excluding carboxylic acids is 1. The Hall–Kier alpha value is -1.45. The summed E-state index contributed by atoms with van der Waals surface area (Å²) in [4.78, 5) is 14.3. The van der Waals surface area contributed by atoms with Crippen molar-refractivity contribution in [2.45, 2.75) is 37.6 Å². The Morgan fingerprint density at radius 3 is 2.36 bits per heavy atom. The van der Waals surface area contributed by atoms with Crippen molar-refractivity contribution in [2.75, 3.05) is 24.6 Å². The molecule has 1 aromatic rings. The first-order valence-corrected chi connectivity index (χ1v) is 11.6. The molecule has 0 saturated carbocycles. The van der Waals surface area contributed by atoms with Gasteiger partial charge in [-0.25, -0.2) is 21.6 Å². The standard InChI is InChI=1S/C16H24N2O5S2/c1-3-10-17-25(22,23)15-7-5-13(6-8-15)16(19)18(4-2)14-9-11-24(20,21)12-14/h5-8,14,17H,3-4,9-12H2,1-2H3. The smallest absolute Gasteiger partial charge is 0.254 e. The highest BCUT2D eigenvalue weighted by atomic mass is 32.2. The SMILES string of the molecule is CCCNS(=O)(=O)c1ccc(C(=O)N(CC)C2CCS(=O)(=O)C2)cc1. The molecule has 1 atom stereocenters. The Kier molecular flexibility index (Phi) is 6.23. The molecule has 1 aliphatic rings. The van der Waals surface area contributed by atoms with Crippen LogP contribution in [0.4, 0.5) is 0 Å². The summed E-state index contributed by atoms with van der Waals surface area (Å²) < 4.78 is 49.9. The summed E-state index contributed by atoms with van der Waals surface area (Å²) in [6, 6.07) is 5.40. The number of nitrogens with one attached hydrogen (secondary N) is 1. The Bertz CT molecular complexity index is 817. The molecule has 1 unspecified atom stereocenters. The van der Waals surface area contributed by atoms with E-state index in [2.05, 4.69) is 4.72 Å². The van der Waals surface area contributed by atoms with Crippen LogP contribution in [0.1, 0.15) is 37.0 Å². The van der Waals surface area contributed by atoms with E-state index >= 15 is 0 Å². The van der Waals surface area contributed by atoms with Crippen molar-refractivity contribution in [1.29, 1.82) is 0 Å². The molecule has 1 amide bonds. The molecule has 7 nitrogen and oxygen atoms in total. The van der Waals surface area contributed by atoms with Gasteiger partial charge in [-0.2, -0.15) is 0 Å². The number of hydrogen-bond acceptors (Lipinski definition) is 5. The van der Waals surface area contributed by atoms with Gasteiger partial charge in [0.05, 0.1) is 16.4 Å². The second-order valence-electron chi connectivity index (χ2n) is 6.07. The fraction of sp³-hybridized carbons (Fsp3) is 0.562. The second-order valence-corrected chi connectivity index (χ2v) is 10.1. The molecule has 1 heterocycles. The van der Waals surface area contributed by atoms with Crippen LogP contribution >= 0.6 is 0 Å². The highest BCUT2D eigenvalue weighted by Gasteiger charge is 2.34. The normalized spacial score (nSPS) is 19.7. The third kappa shape index (κ3) is 4.80. The van der Waals surface area contributed by atoms with Crippen LogP contribution in [-0.4, -0.2) is 58.3 Å². The van der Waals surface area contributed by atoms with Crippen LogP contribution in [0.15, 0.2) is 29.2 Å². The van der Waals surface area contributed by atoms with E-state index in [9.17, 15) is 21.6 Å². The largest absolute Gasteiger partial charge is 0.335 e. The lowest BCUT2D eigenvalue weighted by Gasteiger charge is -2.27. The van der Waals surface area contributed by atoms with Gasteiger partial charge in [0, 0.05) is 24.7 Å². The minimum atomic E-state index is -3.58. The molecule has 25 heavy (non-hydrogen) atoms. The molecule has 2 rings (SSSR count). The molecule has 0 spiro atoms. The number of amides is 1. The third-order valence-corrected chi connectivity index (χ3v) is 7.43. The second kappa shape index (κ2) is 7.84. The van der Waals surface area contributed by atoms with E-state index in [0.717, 1.165) is 0 Å². The lowest BCUT2D eigenvalue weighted by molar-refractivity contribution is 0.0708. The van der Waals surface area contributed by atoms with E-state index < -0.39 is 19.9 Å². The molecule has 0 bridgehead atoms. The van der Waals surface area contributed by atoms with Crippen LogP contribution in [0.25, 0.3) is 0 Å². The minimum absolute atomic E-state index is 0.0139. The van der Waals surface area contributed by atoms with Crippen LogP contribution in [-0.2, 0) is 19.9 Å². The molecular weight excluding hydrogens is 364 g/mol. The van der Waals surface area contributed by atoms with Gasteiger partial charge in [0.25, 0.3) is 5.91 Å². The molecule has 1 N–H and O–H groups in total. The lowest BCUT2D eigenvalue weighted by atomic mass is 10.1. The molecule has 0 aromatic heterocycles. The zero-order chi connectivity index (χ0) is 18.7. The van der Waals surface area contributed by atoms with Crippen LogP contribution in [0.2, 0.25) is 0 Å². The minimum Gasteiger partial charge on any atom is -0.335 e. The van der Waals surface area contributed by atoms with Crippen molar-refractivity contribution >= 4 is 25.8 Å². The zero-order valence-electron chi connectivity index (χ0n) is 14.4. The quantitative estimate of drug-likeness (QED) is 0.752. The molecule has 1 saturated heterocycles. The predicted molar refractivity (Wildman–Crippen MR) is 95.7 cm³/mol. The lowest BCUT2D eigenvalue weighted by Crippen LogP contribution is -2.41. The number of sulfone groups is 1. The topological polar surface area (TPSA) is 101 Å². The number of rotatable bonds is 7. The predicted octanol–water partition coefficient (Wildman–Crippen LogP) is 1.02. The maximum atomic E-state index is 12.7. The van der Waals surface area contributed by atoms with Gasteiger partial charge in [0.2, 0.25) is 10.0 Å². The first-order chi connectivity index (χ1) is 11.7. The van der Waals surface area contributed by atoms with Gasteiger partial charge in [-0.3, -0.25) is 4.79 Å². The first kappa shape index (κ1) is 19.9. The molecule has 0 radical (unpaired) electrons. The fourth-order valence-electron chi connectivity index (χ4n) is 2.85. The highest BCUT2D eigenvalue weighted by molar-refractivity contribution is 7.91. The molecule has 0 aliphatic carbocycles. The summed E-state index contributed by atoms with van der Waals surface area (Å²) in [6.45, 7) is 4.42. The first-order valence-electron chi connectivity index (χ1n) is 8.31. The molecule has 1 aliphatic heterocycles. The zero-order valence-corrected chi connectivity index (χ0v) is 16.1. The number of carbonyl (C=O) groups is 1. The van der Waals surface area contributed by atoms with Gasteiger partial charge in [-0.1, -0.05) is 6.92 Å². The summed E-state index contributed by atoms with van der Waals surface area (Å²) in [5, 5.41) is 0. The van der Waals surface area contributed by atoms with Crippen LogP contribution < -0.4 is 4.72 Å². The number of sulfonamides is 1. The molecule has 1 aromatic carbocycles. The molecular formula is C16H24N2O5S2. The van der Waals surface area contributed by atoms with Gasteiger partial charge < -0.3 is 4.90 Å². The summed E-state index contributed by atoms with van der Waals surface area (Å²) >= 11 is 0.